The van der Waals surface area contributed by atoms with Gasteiger partial charge in [0.05, 0.1) is 5.56 Å². The van der Waals surface area contributed by atoms with E-state index < -0.39 is 27.9 Å². The predicted molar refractivity (Wildman–Crippen MR) is 76.4 cm³/mol. The highest BCUT2D eigenvalue weighted by atomic mass is 32.2. The molecule has 1 N–H and O–H groups in total. The maximum atomic E-state index is 11.8. The molecule has 1 aromatic rings. The number of esters is 1. The van der Waals surface area contributed by atoms with Crippen LogP contribution in [-0.4, -0.2) is 30.8 Å². The van der Waals surface area contributed by atoms with E-state index >= 15 is 0 Å². The largest absolute Gasteiger partial charge is 0.458 e. The van der Waals surface area contributed by atoms with Gasteiger partial charge in [0.25, 0.3) is 10.1 Å². The SMILES string of the molecule is CC(CS(=O)(=O)O)OC(=O)c1ccc(C(C)(C)C)cc1. The quantitative estimate of drug-likeness (QED) is 0.682. The van der Waals surface area contributed by atoms with Crippen LogP contribution in [0.3, 0.4) is 0 Å². The molecule has 1 rings (SSSR count). The molecule has 1 atom stereocenters. The molecule has 0 aromatic heterocycles. The maximum Gasteiger partial charge on any atom is 0.338 e. The van der Waals surface area contributed by atoms with Crippen LogP contribution in [0.15, 0.2) is 24.3 Å². The van der Waals surface area contributed by atoms with E-state index in [0.717, 1.165) is 5.56 Å². The predicted octanol–water partition coefficient (Wildman–Crippen LogP) is 2.42. The fourth-order valence-corrected chi connectivity index (χ4v) is 2.35. The van der Waals surface area contributed by atoms with Gasteiger partial charge in [0.2, 0.25) is 0 Å². The van der Waals surface area contributed by atoms with Gasteiger partial charge in [-0.2, -0.15) is 8.42 Å². The highest BCUT2D eigenvalue weighted by Crippen LogP contribution is 2.22. The van der Waals surface area contributed by atoms with Crippen molar-refractivity contribution in [3.05, 3.63) is 35.4 Å². The monoisotopic (exact) mass is 300 g/mol. The molecule has 0 amide bonds. The third kappa shape index (κ3) is 5.30. The third-order valence-electron chi connectivity index (χ3n) is 2.74. The second-order valence-electron chi connectivity index (χ2n) is 5.79. The van der Waals surface area contributed by atoms with Gasteiger partial charge in [-0.25, -0.2) is 4.79 Å². The molecule has 0 radical (unpaired) electrons. The number of hydrogen-bond donors (Lipinski definition) is 1. The van der Waals surface area contributed by atoms with Gasteiger partial charge < -0.3 is 4.74 Å². The molecular weight excluding hydrogens is 280 g/mol. The Kier molecular flexibility index (Phi) is 4.94. The Morgan fingerprint density at radius 3 is 2.15 bits per heavy atom. The van der Waals surface area contributed by atoms with E-state index in [1.165, 1.54) is 6.92 Å². The van der Waals surface area contributed by atoms with Crippen LogP contribution in [0, 0.1) is 0 Å². The number of rotatable bonds is 4. The number of carbonyl (C=O) groups excluding carboxylic acids is 1. The van der Waals surface area contributed by atoms with E-state index in [2.05, 4.69) is 20.8 Å². The van der Waals surface area contributed by atoms with Gasteiger partial charge in [-0.1, -0.05) is 32.9 Å². The Labute approximate surface area is 119 Å². The van der Waals surface area contributed by atoms with E-state index in [1.54, 1.807) is 12.1 Å². The number of ether oxygens (including phenoxy) is 1. The normalized spacial score (nSPS) is 13.8. The van der Waals surface area contributed by atoms with Crippen LogP contribution in [0.4, 0.5) is 0 Å². The van der Waals surface area contributed by atoms with Crippen LogP contribution in [0.2, 0.25) is 0 Å². The summed E-state index contributed by atoms with van der Waals surface area (Å²) in [5.41, 5.74) is 1.42. The molecule has 1 aromatic carbocycles. The Morgan fingerprint density at radius 1 is 1.25 bits per heavy atom. The molecule has 0 bridgehead atoms. The van der Waals surface area contributed by atoms with Gasteiger partial charge in [-0.05, 0) is 30.0 Å². The van der Waals surface area contributed by atoms with Gasteiger partial charge in [0.15, 0.2) is 0 Å². The summed E-state index contributed by atoms with van der Waals surface area (Å²) < 4.78 is 35.0. The van der Waals surface area contributed by atoms with Gasteiger partial charge in [-0.15, -0.1) is 0 Å². The second kappa shape index (κ2) is 5.93. The van der Waals surface area contributed by atoms with Crippen molar-refractivity contribution in [3.8, 4) is 0 Å². The molecule has 20 heavy (non-hydrogen) atoms. The zero-order valence-electron chi connectivity index (χ0n) is 12.1. The Balaban J connectivity index is 2.74. The van der Waals surface area contributed by atoms with Crippen molar-refractivity contribution in [1.29, 1.82) is 0 Å². The van der Waals surface area contributed by atoms with Gasteiger partial charge in [-0.3, -0.25) is 4.55 Å². The molecule has 5 nitrogen and oxygen atoms in total. The number of benzene rings is 1. The van der Waals surface area contributed by atoms with Crippen molar-refractivity contribution in [1.82, 2.24) is 0 Å². The van der Waals surface area contributed by atoms with Crippen LogP contribution in [0.5, 0.6) is 0 Å². The molecule has 0 aliphatic rings. The first-order valence-corrected chi connectivity index (χ1v) is 7.86. The molecule has 0 aliphatic carbocycles. The zero-order valence-corrected chi connectivity index (χ0v) is 12.9. The van der Waals surface area contributed by atoms with E-state index in [9.17, 15) is 13.2 Å². The summed E-state index contributed by atoms with van der Waals surface area (Å²) in [5.74, 6) is -1.22. The summed E-state index contributed by atoms with van der Waals surface area (Å²) in [5, 5.41) is 0. The molecule has 6 heteroatoms. The summed E-state index contributed by atoms with van der Waals surface area (Å²) in [6.45, 7) is 7.60. The summed E-state index contributed by atoms with van der Waals surface area (Å²) in [6.07, 6.45) is -0.903. The molecule has 1 unspecified atom stereocenters. The summed E-state index contributed by atoms with van der Waals surface area (Å²) in [6, 6.07) is 6.96. The van der Waals surface area contributed by atoms with Gasteiger partial charge in [0.1, 0.15) is 11.9 Å². The molecule has 0 saturated heterocycles. The molecule has 0 heterocycles. The Morgan fingerprint density at radius 2 is 1.75 bits per heavy atom. The molecule has 0 fully saturated rings. The molecule has 0 aliphatic heterocycles. The first-order valence-electron chi connectivity index (χ1n) is 6.26. The minimum absolute atomic E-state index is 0.0132. The minimum atomic E-state index is -4.15. The van der Waals surface area contributed by atoms with Gasteiger partial charge >= 0.3 is 5.97 Å². The standard InChI is InChI=1S/C14H20O5S/c1-10(9-20(16,17)18)19-13(15)11-5-7-12(8-6-11)14(2,3)4/h5-8,10H,9H2,1-4H3,(H,16,17,18). The lowest BCUT2D eigenvalue weighted by Crippen LogP contribution is -2.23. The van der Waals surface area contributed by atoms with Crippen LogP contribution in [-0.2, 0) is 20.3 Å². The van der Waals surface area contributed by atoms with Crippen LogP contribution >= 0.6 is 0 Å². The smallest absolute Gasteiger partial charge is 0.338 e. The average Bonchev–Trinajstić information content (AvgIpc) is 2.25. The van der Waals surface area contributed by atoms with E-state index in [-0.39, 0.29) is 5.41 Å². The lowest BCUT2D eigenvalue weighted by molar-refractivity contribution is 0.0381. The molecule has 112 valence electrons. The molecular formula is C14H20O5S. The lowest BCUT2D eigenvalue weighted by Gasteiger charge is -2.19. The summed E-state index contributed by atoms with van der Waals surface area (Å²) in [7, 11) is -4.15. The first kappa shape index (κ1) is 16.7. The van der Waals surface area contributed by atoms with Crippen molar-refractivity contribution in [2.75, 3.05) is 5.75 Å². The molecule has 0 saturated carbocycles. The fourth-order valence-electron chi connectivity index (χ4n) is 1.69. The van der Waals surface area contributed by atoms with Crippen molar-refractivity contribution in [2.24, 2.45) is 0 Å². The highest BCUT2D eigenvalue weighted by Gasteiger charge is 2.19. The second-order valence-corrected chi connectivity index (χ2v) is 7.29. The highest BCUT2D eigenvalue weighted by molar-refractivity contribution is 7.85. The van der Waals surface area contributed by atoms with E-state index in [0.29, 0.717) is 5.56 Å². The van der Waals surface area contributed by atoms with Crippen LogP contribution in [0.25, 0.3) is 0 Å². The Hall–Kier alpha value is -1.40. The Bertz CT molecular complexity index is 567. The fraction of sp³-hybridized carbons (Fsp3) is 0.500. The average molecular weight is 300 g/mol. The minimum Gasteiger partial charge on any atom is -0.458 e. The van der Waals surface area contributed by atoms with Gasteiger partial charge in [0, 0.05) is 0 Å². The van der Waals surface area contributed by atoms with Crippen LogP contribution in [0.1, 0.15) is 43.6 Å². The molecule has 0 spiro atoms. The lowest BCUT2D eigenvalue weighted by atomic mass is 9.87. The number of carbonyl (C=O) groups is 1. The van der Waals surface area contributed by atoms with E-state index in [1.807, 2.05) is 12.1 Å². The third-order valence-corrected chi connectivity index (χ3v) is 3.63. The zero-order chi connectivity index (χ0) is 15.6. The van der Waals surface area contributed by atoms with Crippen molar-refractivity contribution >= 4 is 16.1 Å². The van der Waals surface area contributed by atoms with Crippen molar-refractivity contribution in [3.63, 3.8) is 0 Å². The van der Waals surface area contributed by atoms with Crippen LogP contribution < -0.4 is 0 Å². The number of hydrogen-bond acceptors (Lipinski definition) is 4. The van der Waals surface area contributed by atoms with Crippen molar-refractivity contribution in [2.45, 2.75) is 39.2 Å². The summed E-state index contributed by atoms with van der Waals surface area (Å²) >= 11 is 0. The maximum absolute atomic E-state index is 11.8. The first-order chi connectivity index (χ1) is 8.99. The van der Waals surface area contributed by atoms with Crippen molar-refractivity contribution < 1.29 is 22.5 Å². The topological polar surface area (TPSA) is 80.7 Å². The van der Waals surface area contributed by atoms with E-state index in [4.69, 9.17) is 9.29 Å². The summed E-state index contributed by atoms with van der Waals surface area (Å²) in [4.78, 5) is 11.8.